The van der Waals surface area contributed by atoms with Gasteiger partial charge in [0, 0.05) is 11.8 Å². The second-order valence-corrected chi connectivity index (χ2v) is 6.25. The van der Waals surface area contributed by atoms with Gasteiger partial charge in [-0.1, -0.05) is 19.4 Å². The standard InChI is InChI=1S/C20H24N4O3/c1-4-5-12-27-16-10-9-15(13-17(16)26-3)20(25)21-14(2)19-23-22-18-8-6-7-11-24(18)19/h6-11,13-14H,4-5,12H2,1-3H3,(H,21,25)/t14-/m0/s1. The van der Waals surface area contributed by atoms with Crippen LogP contribution in [-0.2, 0) is 0 Å². The number of nitrogens with zero attached hydrogens (tertiary/aromatic N) is 3. The third-order valence-corrected chi connectivity index (χ3v) is 4.26. The first-order valence-electron chi connectivity index (χ1n) is 9.05. The molecule has 3 aromatic rings. The van der Waals surface area contributed by atoms with Gasteiger partial charge in [0.05, 0.1) is 19.8 Å². The van der Waals surface area contributed by atoms with Crippen molar-refractivity contribution in [2.75, 3.05) is 13.7 Å². The van der Waals surface area contributed by atoms with Crippen LogP contribution in [0.4, 0.5) is 0 Å². The van der Waals surface area contributed by atoms with Crippen LogP contribution in [0.5, 0.6) is 11.5 Å². The first-order chi connectivity index (χ1) is 13.1. The summed E-state index contributed by atoms with van der Waals surface area (Å²) in [4.78, 5) is 12.7. The lowest BCUT2D eigenvalue weighted by Gasteiger charge is -2.14. The summed E-state index contributed by atoms with van der Waals surface area (Å²) in [5.41, 5.74) is 1.24. The molecule has 1 N–H and O–H groups in total. The van der Waals surface area contributed by atoms with Gasteiger partial charge in [-0.25, -0.2) is 0 Å². The molecule has 2 aromatic heterocycles. The number of unbranched alkanes of at least 4 members (excludes halogenated alkanes) is 1. The third-order valence-electron chi connectivity index (χ3n) is 4.26. The van der Waals surface area contributed by atoms with Gasteiger partial charge >= 0.3 is 0 Å². The van der Waals surface area contributed by atoms with E-state index in [2.05, 4.69) is 22.4 Å². The summed E-state index contributed by atoms with van der Waals surface area (Å²) in [7, 11) is 1.56. The van der Waals surface area contributed by atoms with Crippen LogP contribution in [0, 0.1) is 0 Å². The number of ether oxygens (including phenoxy) is 2. The number of carbonyl (C=O) groups excluding carboxylic acids is 1. The number of aromatic nitrogens is 3. The van der Waals surface area contributed by atoms with Crippen LogP contribution in [0.25, 0.3) is 5.65 Å². The molecule has 0 fully saturated rings. The molecule has 0 unspecified atom stereocenters. The summed E-state index contributed by atoms with van der Waals surface area (Å²) in [5, 5.41) is 11.3. The zero-order chi connectivity index (χ0) is 19.2. The van der Waals surface area contributed by atoms with Crippen molar-refractivity contribution >= 4 is 11.6 Å². The summed E-state index contributed by atoms with van der Waals surface area (Å²) >= 11 is 0. The normalized spacial score (nSPS) is 12.0. The summed E-state index contributed by atoms with van der Waals surface area (Å²) in [6, 6.07) is 10.5. The number of amides is 1. The molecule has 0 saturated heterocycles. The second kappa shape index (κ2) is 8.53. The van der Waals surface area contributed by atoms with Gasteiger partial charge in [-0.15, -0.1) is 10.2 Å². The van der Waals surface area contributed by atoms with Crippen LogP contribution in [0.1, 0.15) is 48.9 Å². The highest BCUT2D eigenvalue weighted by molar-refractivity contribution is 5.95. The van der Waals surface area contributed by atoms with Crippen LogP contribution >= 0.6 is 0 Å². The molecule has 0 bridgehead atoms. The molecule has 0 spiro atoms. The Morgan fingerprint density at radius 1 is 1.22 bits per heavy atom. The molecule has 142 valence electrons. The Bertz CT molecular complexity index is 922. The summed E-state index contributed by atoms with van der Waals surface area (Å²) in [6.07, 6.45) is 3.89. The fourth-order valence-electron chi connectivity index (χ4n) is 2.75. The van der Waals surface area contributed by atoms with Gasteiger partial charge in [0.1, 0.15) is 0 Å². The Labute approximate surface area is 158 Å². The number of methoxy groups -OCH3 is 1. The molecular weight excluding hydrogens is 344 g/mol. The maximum atomic E-state index is 12.7. The molecule has 0 radical (unpaired) electrons. The molecule has 7 nitrogen and oxygen atoms in total. The zero-order valence-corrected chi connectivity index (χ0v) is 15.8. The minimum absolute atomic E-state index is 0.214. The van der Waals surface area contributed by atoms with Crippen LogP contribution in [0.15, 0.2) is 42.6 Å². The predicted octanol–water partition coefficient (Wildman–Crippen LogP) is 3.41. The fraction of sp³-hybridized carbons (Fsp3) is 0.350. The van der Waals surface area contributed by atoms with Crippen molar-refractivity contribution in [1.29, 1.82) is 0 Å². The van der Waals surface area contributed by atoms with Gasteiger partial charge in [0.15, 0.2) is 23.0 Å². The number of carbonyl (C=O) groups is 1. The number of hydrogen-bond donors (Lipinski definition) is 1. The van der Waals surface area contributed by atoms with Crippen molar-refractivity contribution in [3.8, 4) is 11.5 Å². The first-order valence-corrected chi connectivity index (χ1v) is 9.05. The Kier molecular flexibility index (Phi) is 5.90. The van der Waals surface area contributed by atoms with E-state index in [9.17, 15) is 4.79 Å². The highest BCUT2D eigenvalue weighted by atomic mass is 16.5. The van der Waals surface area contributed by atoms with Gasteiger partial charge in [-0.2, -0.15) is 0 Å². The Morgan fingerprint density at radius 3 is 2.85 bits per heavy atom. The smallest absolute Gasteiger partial charge is 0.252 e. The number of hydrogen-bond acceptors (Lipinski definition) is 5. The molecule has 1 amide bonds. The minimum atomic E-state index is -0.304. The van der Waals surface area contributed by atoms with E-state index in [0.717, 1.165) is 18.5 Å². The first kappa shape index (κ1) is 18.7. The van der Waals surface area contributed by atoms with Crippen molar-refractivity contribution in [3.63, 3.8) is 0 Å². The number of fused-ring (bicyclic) bond motifs is 1. The summed E-state index contributed by atoms with van der Waals surface area (Å²) < 4.78 is 12.9. The third kappa shape index (κ3) is 4.19. The van der Waals surface area contributed by atoms with Crippen LogP contribution in [0.2, 0.25) is 0 Å². The maximum absolute atomic E-state index is 12.7. The van der Waals surface area contributed by atoms with Gasteiger partial charge in [-0.3, -0.25) is 9.20 Å². The van der Waals surface area contributed by atoms with Gasteiger partial charge in [-0.05, 0) is 43.7 Å². The van der Waals surface area contributed by atoms with E-state index in [1.807, 2.05) is 35.7 Å². The fourth-order valence-corrected chi connectivity index (χ4v) is 2.75. The zero-order valence-electron chi connectivity index (χ0n) is 15.8. The van der Waals surface area contributed by atoms with E-state index >= 15 is 0 Å². The van der Waals surface area contributed by atoms with Crippen molar-refractivity contribution in [1.82, 2.24) is 19.9 Å². The van der Waals surface area contributed by atoms with E-state index in [1.165, 1.54) is 0 Å². The second-order valence-electron chi connectivity index (χ2n) is 6.25. The van der Waals surface area contributed by atoms with E-state index in [-0.39, 0.29) is 11.9 Å². The molecule has 0 aliphatic heterocycles. The Hall–Kier alpha value is -3.09. The molecule has 3 rings (SSSR count). The lowest BCUT2D eigenvalue weighted by atomic mass is 10.1. The molecule has 0 saturated carbocycles. The monoisotopic (exact) mass is 368 g/mol. The van der Waals surface area contributed by atoms with Crippen LogP contribution in [-0.4, -0.2) is 34.2 Å². The molecule has 1 atom stereocenters. The topological polar surface area (TPSA) is 77.8 Å². The molecular formula is C20H24N4O3. The van der Waals surface area contributed by atoms with Gasteiger partial charge in [0.25, 0.3) is 5.91 Å². The van der Waals surface area contributed by atoms with E-state index in [1.54, 1.807) is 25.3 Å². The summed E-state index contributed by atoms with van der Waals surface area (Å²) in [6.45, 7) is 4.60. The molecule has 0 aliphatic rings. The predicted molar refractivity (Wildman–Crippen MR) is 102 cm³/mol. The SMILES string of the molecule is CCCCOc1ccc(C(=O)N[C@@H](C)c2nnc3ccccn23)cc1OC. The molecule has 7 heteroatoms. The van der Waals surface area contributed by atoms with E-state index in [0.29, 0.717) is 29.5 Å². The Balaban J connectivity index is 1.73. The molecule has 1 aromatic carbocycles. The van der Waals surface area contributed by atoms with Crippen LogP contribution in [0.3, 0.4) is 0 Å². The summed E-state index contributed by atoms with van der Waals surface area (Å²) in [5.74, 6) is 1.64. The van der Waals surface area contributed by atoms with Crippen molar-refractivity contribution < 1.29 is 14.3 Å². The van der Waals surface area contributed by atoms with Crippen molar-refractivity contribution in [3.05, 3.63) is 54.0 Å². The van der Waals surface area contributed by atoms with E-state index in [4.69, 9.17) is 9.47 Å². The average molecular weight is 368 g/mol. The number of nitrogens with one attached hydrogen (secondary N) is 1. The minimum Gasteiger partial charge on any atom is -0.493 e. The Morgan fingerprint density at radius 2 is 2.07 bits per heavy atom. The van der Waals surface area contributed by atoms with Crippen molar-refractivity contribution in [2.24, 2.45) is 0 Å². The quantitative estimate of drug-likeness (QED) is 0.617. The molecule has 2 heterocycles. The number of rotatable bonds is 8. The van der Waals surface area contributed by atoms with Gasteiger partial charge < -0.3 is 14.8 Å². The highest BCUT2D eigenvalue weighted by Crippen LogP contribution is 2.28. The van der Waals surface area contributed by atoms with E-state index < -0.39 is 0 Å². The van der Waals surface area contributed by atoms with Gasteiger partial charge in [0.2, 0.25) is 0 Å². The highest BCUT2D eigenvalue weighted by Gasteiger charge is 2.18. The molecule has 0 aliphatic carbocycles. The average Bonchev–Trinajstić information content (AvgIpc) is 3.12. The maximum Gasteiger partial charge on any atom is 0.252 e. The largest absolute Gasteiger partial charge is 0.493 e. The number of pyridine rings is 1. The lowest BCUT2D eigenvalue weighted by molar-refractivity contribution is 0.0937. The molecule has 27 heavy (non-hydrogen) atoms. The van der Waals surface area contributed by atoms with Crippen LogP contribution < -0.4 is 14.8 Å². The lowest BCUT2D eigenvalue weighted by Crippen LogP contribution is -2.28. The van der Waals surface area contributed by atoms with Crippen molar-refractivity contribution in [2.45, 2.75) is 32.7 Å². The number of benzene rings is 1.